The van der Waals surface area contributed by atoms with Gasteiger partial charge in [-0.3, -0.25) is 4.79 Å². The van der Waals surface area contributed by atoms with Crippen molar-refractivity contribution in [2.75, 3.05) is 0 Å². The first kappa shape index (κ1) is 14.2. The van der Waals surface area contributed by atoms with Gasteiger partial charge in [-0.1, -0.05) is 50.0 Å². The minimum atomic E-state index is 0.427. The zero-order valence-corrected chi connectivity index (χ0v) is 10.1. The van der Waals surface area contributed by atoms with Crippen LogP contribution in [0.1, 0.15) is 58.8 Å². The Labute approximate surface area is 94.3 Å². The maximum absolute atomic E-state index is 10.00. The van der Waals surface area contributed by atoms with E-state index in [0.29, 0.717) is 6.42 Å². The van der Waals surface area contributed by atoms with E-state index >= 15 is 0 Å². The fraction of sp³-hybridized carbons (Fsp3) is 0.643. The summed E-state index contributed by atoms with van der Waals surface area (Å²) < 4.78 is 0. The van der Waals surface area contributed by atoms with E-state index in [0.717, 1.165) is 6.42 Å². The third-order valence-electron chi connectivity index (χ3n) is 2.36. The highest BCUT2D eigenvalue weighted by Crippen LogP contribution is 2.06. The van der Waals surface area contributed by atoms with Crippen LogP contribution < -0.4 is 0 Å². The Morgan fingerprint density at radius 1 is 1.20 bits per heavy atom. The summed E-state index contributed by atoms with van der Waals surface area (Å²) in [5.41, 5.74) is 1.25. The van der Waals surface area contributed by atoms with Crippen LogP contribution in [0.2, 0.25) is 0 Å². The molecule has 15 heavy (non-hydrogen) atoms. The third-order valence-corrected chi connectivity index (χ3v) is 2.36. The molecule has 0 amide bonds. The second-order valence-corrected chi connectivity index (χ2v) is 3.92. The van der Waals surface area contributed by atoms with Crippen molar-refractivity contribution in [3.05, 3.63) is 23.8 Å². The van der Waals surface area contributed by atoms with Crippen molar-refractivity contribution in [2.45, 2.75) is 58.8 Å². The van der Waals surface area contributed by atoms with E-state index in [-0.39, 0.29) is 0 Å². The number of hydrogen-bond donors (Lipinski definition) is 0. The Morgan fingerprint density at radius 2 is 2.00 bits per heavy atom. The summed E-state index contributed by atoms with van der Waals surface area (Å²) in [5, 5.41) is 0. The van der Waals surface area contributed by atoms with Gasteiger partial charge in [0.25, 0.3) is 0 Å². The Bertz CT molecular complexity index is 201. The molecule has 0 fully saturated rings. The van der Waals surface area contributed by atoms with Crippen LogP contribution >= 0.6 is 0 Å². The zero-order chi connectivity index (χ0) is 11.4. The van der Waals surface area contributed by atoms with Gasteiger partial charge in [-0.2, -0.15) is 0 Å². The molecule has 85 valence electrons. The fourth-order valence-corrected chi connectivity index (χ4v) is 1.38. The molecule has 0 saturated carbocycles. The van der Waals surface area contributed by atoms with Crippen molar-refractivity contribution in [3.63, 3.8) is 0 Å². The van der Waals surface area contributed by atoms with Crippen LogP contribution in [0.3, 0.4) is 0 Å². The van der Waals surface area contributed by atoms with E-state index in [9.17, 15) is 4.79 Å². The van der Waals surface area contributed by atoms with E-state index in [1.54, 1.807) is 0 Å². The van der Waals surface area contributed by atoms with E-state index in [4.69, 9.17) is 0 Å². The normalized spacial score (nSPS) is 12.3. The summed E-state index contributed by atoms with van der Waals surface area (Å²) >= 11 is 0. The van der Waals surface area contributed by atoms with Gasteiger partial charge in [0.2, 0.25) is 6.29 Å². The van der Waals surface area contributed by atoms with Crippen molar-refractivity contribution < 1.29 is 4.79 Å². The van der Waals surface area contributed by atoms with Crippen molar-refractivity contribution in [3.8, 4) is 0 Å². The first-order chi connectivity index (χ1) is 7.31. The van der Waals surface area contributed by atoms with E-state index < -0.39 is 0 Å². The van der Waals surface area contributed by atoms with Gasteiger partial charge >= 0.3 is 0 Å². The van der Waals surface area contributed by atoms with Gasteiger partial charge in [0.1, 0.15) is 0 Å². The molecule has 0 aliphatic carbocycles. The standard InChI is InChI=1S/C14H23O/c1-3-4-5-6-7-8-9-11-14(2)12-10-13-15/h8-9,12H,3-7,10-11H2,1-2H3/b9-8+,14-12+. The summed E-state index contributed by atoms with van der Waals surface area (Å²) in [6, 6.07) is 0. The van der Waals surface area contributed by atoms with Crippen molar-refractivity contribution in [2.24, 2.45) is 0 Å². The first-order valence-corrected chi connectivity index (χ1v) is 5.97. The maximum atomic E-state index is 10.00. The van der Waals surface area contributed by atoms with Gasteiger partial charge in [-0.05, 0) is 26.2 Å². The Morgan fingerprint density at radius 3 is 2.67 bits per heavy atom. The van der Waals surface area contributed by atoms with Crippen LogP contribution in [-0.4, -0.2) is 6.29 Å². The number of allylic oxidation sites excluding steroid dienone is 4. The Balaban J connectivity index is 3.40. The van der Waals surface area contributed by atoms with Gasteiger partial charge in [0, 0.05) is 6.42 Å². The van der Waals surface area contributed by atoms with E-state index in [1.807, 2.05) is 12.4 Å². The lowest BCUT2D eigenvalue weighted by molar-refractivity contribution is 0.556. The monoisotopic (exact) mass is 207 g/mol. The average molecular weight is 207 g/mol. The molecule has 0 rings (SSSR count). The number of carbonyl (C=O) groups excluding carboxylic acids is 1. The summed E-state index contributed by atoms with van der Waals surface area (Å²) in [5.74, 6) is 0. The van der Waals surface area contributed by atoms with Crippen LogP contribution in [-0.2, 0) is 4.79 Å². The number of unbranched alkanes of at least 4 members (excludes halogenated alkanes) is 4. The maximum Gasteiger partial charge on any atom is 0.202 e. The fourth-order valence-electron chi connectivity index (χ4n) is 1.38. The second kappa shape index (κ2) is 11.2. The Kier molecular flexibility index (Phi) is 10.6. The van der Waals surface area contributed by atoms with Gasteiger partial charge in [-0.15, -0.1) is 0 Å². The summed E-state index contributed by atoms with van der Waals surface area (Å²) in [6.07, 6.45) is 16.1. The van der Waals surface area contributed by atoms with E-state index in [1.165, 1.54) is 37.7 Å². The number of rotatable bonds is 9. The Hall–Kier alpha value is -0.850. The first-order valence-electron chi connectivity index (χ1n) is 5.97. The molecular formula is C14H23O. The zero-order valence-electron chi connectivity index (χ0n) is 10.1. The molecule has 0 aromatic rings. The summed E-state index contributed by atoms with van der Waals surface area (Å²) in [7, 11) is 0. The lowest BCUT2D eigenvalue weighted by atomic mass is 10.1. The highest BCUT2D eigenvalue weighted by molar-refractivity contribution is 5.53. The van der Waals surface area contributed by atoms with Gasteiger partial charge in [0.05, 0.1) is 0 Å². The molecule has 1 nitrogen and oxygen atoms in total. The summed E-state index contributed by atoms with van der Waals surface area (Å²) in [6.45, 7) is 4.28. The average Bonchev–Trinajstić information content (AvgIpc) is 2.25. The van der Waals surface area contributed by atoms with Crippen LogP contribution in [0, 0.1) is 0 Å². The predicted octanol–water partition coefficient (Wildman–Crippen LogP) is 4.35. The van der Waals surface area contributed by atoms with Gasteiger partial charge < -0.3 is 0 Å². The van der Waals surface area contributed by atoms with Crippen molar-refractivity contribution >= 4 is 6.29 Å². The molecule has 0 bridgehead atoms. The molecule has 0 atom stereocenters. The lowest BCUT2D eigenvalue weighted by Crippen LogP contribution is -1.76. The molecule has 0 heterocycles. The molecule has 0 saturated heterocycles. The molecule has 0 spiro atoms. The molecular weight excluding hydrogens is 184 g/mol. The molecule has 0 aliphatic rings. The quantitative estimate of drug-likeness (QED) is 0.406. The minimum Gasteiger partial charge on any atom is -0.291 e. The van der Waals surface area contributed by atoms with Crippen molar-refractivity contribution in [1.82, 2.24) is 0 Å². The predicted molar refractivity (Wildman–Crippen MR) is 66.6 cm³/mol. The van der Waals surface area contributed by atoms with Crippen LogP contribution in [0.25, 0.3) is 0 Å². The van der Waals surface area contributed by atoms with Gasteiger partial charge in [-0.25, -0.2) is 0 Å². The molecule has 0 aliphatic heterocycles. The molecule has 1 heteroatoms. The highest BCUT2D eigenvalue weighted by Gasteiger charge is 1.86. The minimum absolute atomic E-state index is 0.427. The largest absolute Gasteiger partial charge is 0.291 e. The van der Waals surface area contributed by atoms with Crippen LogP contribution in [0.4, 0.5) is 0 Å². The number of hydrogen-bond acceptors (Lipinski definition) is 1. The van der Waals surface area contributed by atoms with Crippen LogP contribution in [0.5, 0.6) is 0 Å². The second-order valence-electron chi connectivity index (χ2n) is 3.92. The smallest absolute Gasteiger partial charge is 0.202 e. The molecule has 0 aromatic carbocycles. The molecule has 1 radical (unpaired) electrons. The molecule has 0 unspecified atom stereocenters. The SMILES string of the molecule is CCCCCC/C=C/C/C(C)=C/C[C]=O. The van der Waals surface area contributed by atoms with Crippen molar-refractivity contribution in [1.29, 1.82) is 0 Å². The van der Waals surface area contributed by atoms with Gasteiger partial charge in [0.15, 0.2) is 0 Å². The third kappa shape index (κ3) is 11.1. The van der Waals surface area contributed by atoms with Crippen LogP contribution in [0.15, 0.2) is 23.8 Å². The topological polar surface area (TPSA) is 17.1 Å². The molecule has 0 aromatic heterocycles. The van der Waals surface area contributed by atoms with E-state index in [2.05, 4.69) is 26.0 Å². The molecule has 0 N–H and O–H groups in total. The highest BCUT2D eigenvalue weighted by atomic mass is 16.1. The lowest BCUT2D eigenvalue weighted by Gasteiger charge is -1.95. The summed E-state index contributed by atoms with van der Waals surface area (Å²) in [4.78, 5) is 10.00.